The fourth-order valence-corrected chi connectivity index (χ4v) is 1.39. The van der Waals surface area contributed by atoms with Gasteiger partial charge in [-0.2, -0.15) is 0 Å². The van der Waals surface area contributed by atoms with Crippen LogP contribution in [0.3, 0.4) is 0 Å². The lowest BCUT2D eigenvalue weighted by atomic mass is 10.0. The Morgan fingerprint density at radius 2 is 1.93 bits per heavy atom. The summed E-state index contributed by atoms with van der Waals surface area (Å²) in [5.41, 5.74) is 4.89. The Kier molecular flexibility index (Phi) is 3.60. The molecule has 0 bridgehead atoms. The molecule has 0 amide bonds. The summed E-state index contributed by atoms with van der Waals surface area (Å²) in [6.07, 6.45) is -0.546. The highest BCUT2D eigenvalue weighted by atomic mass is 35.5. The average molecular weight is 236 g/mol. The Morgan fingerprint density at radius 3 is 2.33 bits per heavy atom. The lowest BCUT2D eigenvalue weighted by Gasteiger charge is -2.11. The first kappa shape index (κ1) is 11.9. The second kappa shape index (κ2) is 4.55. The van der Waals surface area contributed by atoms with Gasteiger partial charge in [0.2, 0.25) is 0 Å². The number of hydrogen-bond donors (Lipinski definition) is 2. The van der Waals surface area contributed by atoms with Crippen molar-refractivity contribution < 1.29 is 18.7 Å². The van der Waals surface area contributed by atoms with Gasteiger partial charge in [-0.25, -0.2) is 8.78 Å². The first-order chi connectivity index (χ1) is 6.91. The maximum atomic E-state index is 13.2. The van der Waals surface area contributed by atoms with Crippen LogP contribution in [0.2, 0.25) is 5.02 Å². The number of halogens is 3. The normalized spacial score (nSPS) is 12.5. The van der Waals surface area contributed by atoms with Crippen molar-refractivity contribution in [2.75, 3.05) is 0 Å². The van der Waals surface area contributed by atoms with Crippen molar-refractivity contribution in [3.63, 3.8) is 0 Å². The Morgan fingerprint density at radius 1 is 1.47 bits per heavy atom. The first-order valence-corrected chi connectivity index (χ1v) is 4.41. The third kappa shape index (κ3) is 2.87. The van der Waals surface area contributed by atoms with Gasteiger partial charge in [0.1, 0.15) is 11.6 Å². The van der Waals surface area contributed by atoms with Gasteiger partial charge in [-0.3, -0.25) is 4.79 Å². The van der Waals surface area contributed by atoms with E-state index >= 15 is 0 Å². The third-order valence-corrected chi connectivity index (χ3v) is 2.03. The van der Waals surface area contributed by atoms with Gasteiger partial charge in [0.15, 0.2) is 0 Å². The van der Waals surface area contributed by atoms with Gasteiger partial charge < -0.3 is 10.8 Å². The molecule has 0 aliphatic rings. The van der Waals surface area contributed by atoms with Gasteiger partial charge in [-0.05, 0) is 12.1 Å². The first-order valence-electron chi connectivity index (χ1n) is 4.03. The number of carboxylic acids is 1. The van der Waals surface area contributed by atoms with Crippen LogP contribution < -0.4 is 5.73 Å². The van der Waals surface area contributed by atoms with Crippen LogP contribution in [0.5, 0.6) is 0 Å². The molecule has 1 aromatic rings. The number of carboxylic acid groups (broad SMARTS) is 1. The Bertz CT molecular complexity index is 375. The third-order valence-electron chi connectivity index (χ3n) is 1.81. The minimum absolute atomic E-state index is 0.101. The molecular weight excluding hydrogens is 228 g/mol. The van der Waals surface area contributed by atoms with E-state index in [9.17, 15) is 13.6 Å². The molecule has 3 N–H and O–H groups in total. The molecule has 82 valence electrons. The summed E-state index contributed by atoms with van der Waals surface area (Å²) in [7, 11) is 0. The molecule has 0 aliphatic carbocycles. The van der Waals surface area contributed by atoms with Crippen molar-refractivity contribution in [3.8, 4) is 0 Å². The van der Waals surface area contributed by atoms with E-state index in [0.717, 1.165) is 12.1 Å². The van der Waals surface area contributed by atoms with Crippen molar-refractivity contribution in [3.05, 3.63) is 34.4 Å². The van der Waals surface area contributed by atoms with E-state index in [1.54, 1.807) is 0 Å². The summed E-state index contributed by atoms with van der Waals surface area (Å²) in [6.45, 7) is 0. The summed E-state index contributed by atoms with van der Waals surface area (Å²) in [5.74, 6) is -3.10. The number of aliphatic carboxylic acids is 1. The minimum atomic E-state index is -1.23. The number of rotatable bonds is 3. The summed E-state index contributed by atoms with van der Waals surface area (Å²) in [5, 5.41) is 8.33. The molecule has 0 radical (unpaired) electrons. The molecule has 0 spiro atoms. The van der Waals surface area contributed by atoms with Gasteiger partial charge in [-0.1, -0.05) is 11.6 Å². The summed E-state index contributed by atoms with van der Waals surface area (Å²) in [6, 6.07) is 0.559. The molecule has 0 fully saturated rings. The van der Waals surface area contributed by atoms with Gasteiger partial charge in [-0.15, -0.1) is 0 Å². The standard InChI is InChI=1S/C9H8ClF2NO2/c10-4-1-5(11)9(6(12)2-4)7(13)3-8(14)15/h1-2,7H,3,13H2,(H,14,15). The van der Waals surface area contributed by atoms with E-state index in [1.807, 2.05) is 0 Å². The second-order valence-corrected chi connectivity index (χ2v) is 3.42. The molecule has 1 unspecified atom stereocenters. The molecule has 15 heavy (non-hydrogen) atoms. The van der Waals surface area contributed by atoms with Crippen LogP contribution in [-0.4, -0.2) is 11.1 Å². The molecule has 0 heterocycles. The number of nitrogens with two attached hydrogens (primary N) is 1. The molecule has 0 saturated heterocycles. The quantitative estimate of drug-likeness (QED) is 0.843. The van der Waals surface area contributed by atoms with Crippen LogP contribution in [0, 0.1) is 11.6 Å². The van der Waals surface area contributed by atoms with Crippen LogP contribution in [0.15, 0.2) is 12.1 Å². The van der Waals surface area contributed by atoms with E-state index in [1.165, 1.54) is 0 Å². The van der Waals surface area contributed by atoms with E-state index in [2.05, 4.69) is 0 Å². The lowest BCUT2D eigenvalue weighted by Crippen LogP contribution is -2.18. The van der Waals surface area contributed by atoms with Crippen LogP contribution in [-0.2, 0) is 4.79 Å². The van der Waals surface area contributed by atoms with Crippen molar-refractivity contribution in [1.82, 2.24) is 0 Å². The van der Waals surface area contributed by atoms with Crippen molar-refractivity contribution >= 4 is 17.6 Å². The van der Waals surface area contributed by atoms with E-state index in [-0.39, 0.29) is 5.02 Å². The fraction of sp³-hybridized carbons (Fsp3) is 0.222. The highest BCUT2D eigenvalue weighted by Crippen LogP contribution is 2.24. The molecule has 1 atom stereocenters. The topological polar surface area (TPSA) is 63.3 Å². The van der Waals surface area contributed by atoms with Gasteiger partial charge in [0.05, 0.1) is 6.42 Å². The minimum Gasteiger partial charge on any atom is -0.481 e. The molecule has 1 aromatic carbocycles. The zero-order valence-electron chi connectivity index (χ0n) is 7.51. The van der Waals surface area contributed by atoms with Crippen LogP contribution >= 0.6 is 11.6 Å². The average Bonchev–Trinajstić information content (AvgIpc) is 1.99. The van der Waals surface area contributed by atoms with Crippen LogP contribution in [0.1, 0.15) is 18.0 Å². The maximum absolute atomic E-state index is 13.2. The highest BCUT2D eigenvalue weighted by Gasteiger charge is 2.19. The molecular formula is C9H8ClF2NO2. The maximum Gasteiger partial charge on any atom is 0.305 e. The van der Waals surface area contributed by atoms with Gasteiger partial charge >= 0.3 is 5.97 Å². The molecule has 3 nitrogen and oxygen atoms in total. The summed E-state index contributed by atoms with van der Waals surface area (Å²) in [4.78, 5) is 10.3. The monoisotopic (exact) mass is 235 g/mol. The predicted octanol–water partition coefficient (Wildman–Crippen LogP) is 2.09. The Labute approximate surface area is 89.5 Å². The Balaban J connectivity index is 3.08. The van der Waals surface area contributed by atoms with E-state index in [0.29, 0.717) is 0 Å². The van der Waals surface area contributed by atoms with E-state index in [4.69, 9.17) is 22.4 Å². The van der Waals surface area contributed by atoms with Crippen molar-refractivity contribution in [1.29, 1.82) is 0 Å². The smallest absolute Gasteiger partial charge is 0.305 e. The summed E-state index contributed by atoms with van der Waals surface area (Å²) < 4.78 is 26.4. The zero-order chi connectivity index (χ0) is 11.6. The number of hydrogen-bond acceptors (Lipinski definition) is 2. The van der Waals surface area contributed by atoms with Crippen molar-refractivity contribution in [2.24, 2.45) is 5.73 Å². The van der Waals surface area contributed by atoms with Crippen LogP contribution in [0.4, 0.5) is 8.78 Å². The van der Waals surface area contributed by atoms with Gasteiger partial charge in [0, 0.05) is 16.6 Å². The molecule has 1 rings (SSSR count). The van der Waals surface area contributed by atoms with Gasteiger partial charge in [0.25, 0.3) is 0 Å². The summed E-state index contributed by atoms with van der Waals surface area (Å²) >= 11 is 5.40. The number of carbonyl (C=O) groups is 1. The second-order valence-electron chi connectivity index (χ2n) is 2.99. The number of benzene rings is 1. The molecule has 6 heteroatoms. The SMILES string of the molecule is NC(CC(=O)O)c1c(F)cc(Cl)cc1F. The highest BCUT2D eigenvalue weighted by molar-refractivity contribution is 6.30. The molecule has 0 aromatic heterocycles. The van der Waals surface area contributed by atoms with Crippen molar-refractivity contribution in [2.45, 2.75) is 12.5 Å². The molecule has 0 saturated carbocycles. The largest absolute Gasteiger partial charge is 0.481 e. The Hall–Kier alpha value is -1.20. The predicted molar refractivity (Wildman–Crippen MR) is 50.5 cm³/mol. The van der Waals surface area contributed by atoms with E-state index < -0.39 is 35.6 Å². The molecule has 0 aliphatic heterocycles. The fourth-order valence-electron chi connectivity index (χ4n) is 1.20. The lowest BCUT2D eigenvalue weighted by molar-refractivity contribution is -0.137. The zero-order valence-corrected chi connectivity index (χ0v) is 8.26. The van der Waals surface area contributed by atoms with Crippen LogP contribution in [0.25, 0.3) is 0 Å².